The van der Waals surface area contributed by atoms with Gasteiger partial charge in [-0.3, -0.25) is 0 Å². The van der Waals surface area contributed by atoms with Crippen LogP contribution in [0, 0.1) is 0 Å². The molecular formula is C17H25NO4. The minimum atomic E-state index is -0.565. The fourth-order valence-corrected chi connectivity index (χ4v) is 2.62. The standard InChI is InChI=1S/C17H25NO4/c1-4-21-16-9-13-14(12(3)20)11-18(7-6-8-19)15(13)10-17(16)22-5-2/h9-12,19-20H,4-8H2,1-3H3. The van der Waals surface area contributed by atoms with E-state index in [0.717, 1.165) is 16.5 Å². The minimum Gasteiger partial charge on any atom is -0.490 e. The summed E-state index contributed by atoms with van der Waals surface area (Å²) < 4.78 is 13.4. The number of benzene rings is 1. The third kappa shape index (κ3) is 3.36. The molecule has 1 unspecified atom stereocenters. The summed E-state index contributed by atoms with van der Waals surface area (Å²) in [7, 11) is 0. The highest BCUT2D eigenvalue weighted by Crippen LogP contribution is 2.37. The van der Waals surface area contributed by atoms with Crippen molar-refractivity contribution in [2.75, 3.05) is 19.8 Å². The van der Waals surface area contributed by atoms with E-state index in [1.54, 1.807) is 6.92 Å². The van der Waals surface area contributed by atoms with E-state index >= 15 is 0 Å². The molecule has 2 N–H and O–H groups in total. The van der Waals surface area contributed by atoms with E-state index in [9.17, 15) is 5.11 Å². The zero-order valence-electron chi connectivity index (χ0n) is 13.5. The number of nitrogens with zero attached hydrogens (tertiary/aromatic N) is 1. The van der Waals surface area contributed by atoms with Gasteiger partial charge in [0.05, 0.1) is 24.8 Å². The fourth-order valence-electron chi connectivity index (χ4n) is 2.62. The number of rotatable bonds is 8. The summed E-state index contributed by atoms with van der Waals surface area (Å²) in [5, 5.41) is 20.0. The molecule has 1 heterocycles. The molecule has 0 aliphatic heterocycles. The Hall–Kier alpha value is -1.72. The number of fused-ring (bicyclic) bond motifs is 1. The molecule has 2 aromatic rings. The molecule has 0 radical (unpaired) electrons. The van der Waals surface area contributed by atoms with Crippen molar-refractivity contribution >= 4 is 10.9 Å². The van der Waals surface area contributed by atoms with Gasteiger partial charge in [-0.2, -0.15) is 0 Å². The average Bonchev–Trinajstić information content (AvgIpc) is 2.84. The van der Waals surface area contributed by atoms with Crippen LogP contribution in [0.15, 0.2) is 18.3 Å². The van der Waals surface area contributed by atoms with E-state index in [2.05, 4.69) is 0 Å². The Morgan fingerprint density at radius 2 is 1.77 bits per heavy atom. The molecule has 0 saturated heterocycles. The summed E-state index contributed by atoms with van der Waals surface area (Å²) in [4.78, 5) is 0. The lowest BCUT2D eigenvalue weighted by molar-refractivity contribution is 0.200. The highest BCUT2D eigenvalue weighted by Gasteiger charge is 2.16. The van der Waals surface area contributed by atoms with Crippen LogP contribution in [-0.4, -0.2) is 34.6 Å². The molecule has 0 saturated carbocycles. The maximum Gasteiger partial charge on any atom is 0.163 e. The van der Waals surface area contributed by atoms with Crippen LogP contribution in [0.1, 0.15) is 38.9 Å². The van der Waals surface area contributed by atoms with Crippen molar-refractivity contribution in [1.82, 2.24) is 4.57 Å². The van der Waals surface area contributed by atoms with Gasteiger partial charge in [0.2, 0.25) is 0 Å². The Balaban J connectivity index is 2.59. The SMILES string of the molecule is CCOc1cc2c(C(C)O)cn(CCCO)c2cc1OCC. The highest BCUT2D eigenvalue weighted by molar-refractivity contribution is 5.87. The smallest absolute Gasteiger partial charge is 0.163 e. The van der Waals surface area contributed by atoms with Gasteiger partial charge in [0.25, 0.3) is 0 Å². The lowest BCUT2D eigenvalue weighted by Crippen LogP contribution is -2.01. The van der Waals surface area contributed by atoms with Crippen molar-refractivity contribution in [1.29, 1.82) is 0 Å². The molecule has 22 heavy (non-hydrogen) atoms. The molecule has 0 aliphatic rings. The molecule has 5 nitrogen and oxygen atoms in total. The largest absolute Gasteiger partial charge is 0.490 e. The van der Waals surface area contributed by atoms with Crippen LogP contribution < -0.4 is 9.47 Å². The monoisotopic (exact) mass is 307 g/mol. The second-order valence-electron chi connectivity index (χ2n) is 5.21. The summed E-state index contributed by atoms with van der Waals surface area (Å²) in [5.41, 5.74) is 1.84. The van der Waals surface area contributed by atoms with E-state index in [0.29, 0.717) is 37.7 Å². The Morgan fingerprint density at radius 1 is 1.14 bits per heavy atom. The normalized spacial score (nSPS) is 12.6. The van der Waals surface area contributed by atoms with Crippen LogP contribution >= 0.6 is 0 Å². The van der Waals surface area contributed by atoms with Gasteiger partial charge in [-0.25, -0.2) is 0 Å². The second kappa shape index (κ2) is 7.51. The van der Waals surface area contributed by atoms with Crippen LogP contribution in [-0.2, 0) is 6.54 Å². The Kier molecular flexibility index (Phi) is 5.69. The van der Waals surface area contributed by atoms with E-state index in [1.165, 1.54) is 0 Å². The predicted octanol–water partition coefficient (Wildman–Crippen LogP) is 2.87. The topological polar surface area (TPSA) is 63.9 Å². The molecular weight excluding hydrogens is 282 g/mol. The first-order chi connectivity index (χ1) is 10.6. The summed E-state index contributed by atoms with van der Waals surface area (Å²) in [6, 6.07) is 3.88. The van der Waals surface area contributed by atoms with Gasteiger partial charge in [0.15, 0.2) is 11.5 Å². The van der Waals surface area contributed by atoms with Crippen molar-refractivity contribution in [3.63, 3.8) is 0 Å². The number of aliphatic hydroxyl groups is 2. The number of ether oxygens (including phenoxy) is 2. The Labute approximate surface area is 131 Å². The van der Waals surface area contributed by atoms with Gasteiger partial charge in [-0.05, 0) is 33.3 Å². The van der Waals surface area contributed by atoms with Crippen molar-refractivity contribution in [3.8, 4) is 11.5 Å². The zero-order chi connectivity index (χ0) is 16.1. The predicted molar refractivity (Wildman–Crippen MR) is 86.6 cm³/mol. The maximum atomic E-state index is 10.0. The molecule has 122 valence electrons. The first-order valence-corrected chi connectivity index (χ1v) is 7.83. The van der Waals surface area contributed by atoms with E-state index in [1.807, 2.05) is 36.7 Å². The van der Waals surface area contributed by atoms with Crippen LogP contribution in [0.3, 0.4) is 0 Å². The van der Waals surface area contributed by atoms with Crippen LogP contribution in [0.5, 0.6) is 11.5 Å². The molecule has 0 bridgehead atoms. The van der Waals surface area contributed by atoms with Gasteiger partial charge < -0.3 is 24.3 Å². The summed E-state index contributed by atoms with van der Waals surface area (Å²) in [5.74, 6) is 1.40. The number of hydrogen-bond acceptors (Lipinski definition) is 4. The van der Waals surface area contributed by atoms with Crippen LogP contribution in [0.2, 0.25) is 0 Å². The number of hydrogen-bond donors (Lipinski definition) is 2. The minimum absolute atomic E-state index is 0.138. The third-order valence-electron chi connectivity index (χ3n) is 3.58. The zero-order valence-corrected chi connectivity index (χ0v) is 13.5. The van der Waals surface area contributed by atoms with Crippen molar-refractivity contribution in [2.45, 2.75) is 39.8 Å². The van der Waals surface area contributed by atoms with E-state index < -0.39 is 6.10 Å². The van der Waals surface area contributed by atoms with Crippen LogP contribution in [0.25, 0.3) is 10.9 Å². The molecule has 1 atom stereocenters. The molecule has 5 heteroatoms. The maximum absolute atomic E-state index is 10.0. The summed E-state index contributed by atoms with van der Waals surface area (Å²) in [6.45, 7) is 7.57. The van der Waals surface area contributed by atoms with Gasteiger partial charge in [-0.1, -0.05) is 0 Å². The first kappa shape index (κ1) is 16.6. The van der Waals surface area contributed by atoms with Gasteiger partial charge >= 0.3 is 0 Å². The van der Waals surface area contributed by atoms with Crippen molar-refractivity contribution < 1.29 is 19.7 Å². The van der Waals surface area contributed by atoms with Gasteiger partial charge in [0.1, 0.15) is 0 Å². The molecule has 0 fully saturated rings. The molecule has 0 aliphatic carbocycles. The number of aromatic nitrogens is 1. The Bertz CT molecular complexity index is 619. The van der Waals surface area contributed by atoms with Gasteiger partial charge in [0, 0.05) is 36.4 Å². The molecule has 0 spiro atoms. The highest BCUT2D eigenvalue weighted by atomic mass is 16.5. The molecule has 0 amide bonds. The Morgan fingerprint density at radius 3 is 2.32 bits per heavy atom. The lowest BCUT2D eigenvalue weighted by Gasteiger charge is -2.13. The van der Waals surface area contributed by atoms with E-state index in [4.69, 9.17) is 14.6 Å². The third-order valence-corrected chi connectivity index (χ3v) is 3.58. The average molecular weight is 307 g/mol. The second-order valence-corrected chi connectivity index (χ2v) is 5.21. The molecule has 1 aromatic carbocycles. The van der Waals surface area contributed by atoms with Crippen molar-refractivity contribution in [2.24, 2.45) is 0 Å². The van der Waals surface area contributed by atoms with Crippen molar-refractivity contribution in [3.05, 3.63) is 23.9 Å². The first-order valence-electron chi connectivity index (χ1n) is 7.83. The summed E-state index contributed by atoms with van der Waals surface area (Å²) >= 11 is 0. The molecule has 1 aromatic heterocycles. The number of aliphatic hydroxyl groups excluding tert-OH is 2. The lowest BCUT2D eigenvalue weighted by atomic mass is 10.1. The van der Waals surface area contributed by atoms with Crippen LogP contribution in [0.4, 0.5) is 0 Å². The quantitative estimate of drug-likeness (QED) is 0.787. The number of aryl methyl sites for hydroxylation is 1. The van der Waals surface area contributed by atoms with Gasteiger partial charge in [-0.15, -0.1) is 0 Å². The summed E-state index contributed by atoms with van der Waals surface area (Å²) in [6.07, 6.45) is 2.04. The van der Waals surface area contributed by atoms with E-state index in [-0.39, 0.29) is 6.61 Å². The fraction of sp³-hybridized carbons (Fsp3) is 0.529. The molecule has 2 rings (SSSR count).